The number of carbonyl (C=O) groups is 3. The third kappa shape index (κ3) is 6.54. The minimum Gasteiger partial charge on any atom is -0.495 e. The van der Waals surface area contributed by atoms with Crippen molar-refractivity contribution in [1.82, 2.24) is 9.97 Å². The van der Waals surface area contributed by atoms with Crippen LogP contribution in [-0.2, 0) is 29.1 Å². The molecule has 1 aliphatic rings. The molecule has 1 N–H and O–H groups in total. The summed E-state index contributed by atoms with van der Waals surface area (Å²) < 4.78 is 10.9. The molecular formula is C34H31Cl2N5O5. The van der Waals surface area contributed by atoms with Crippen molar-refractivity contribution in [3.63, 3.8) is 0 Å². The van der Waals surface area contributed by atoms with Crippen molar-refractivity contribution in [2.75, 3.05) is 29.3 Å². The normalized spacial score (nSPS) is 12.4. The number of aromatic nitrogens is 2. The van der Waals surface area contributed by atoms with Crippen molar-refractivity contribution in [2.45, 2.75) is 32.9 Å². The van der Waals surface area contributed by atoms with E-state index in [0.29, 0.717) is 34.9 Å². The van der Waals surface area contributed by atoms with Gasteiger partial charge in [0, 0.05) is 36.2 Å². The van der Waals surface area contributed by atoms with Gasteiger partial charge < -0.3 is 14.8 Å². The molecule has 0 spiro atoms. The van der Waals surface area contributed by atoms with Gasteiger partial charge in [0.15, 0.2) is 5.82 Å². The Morgan fingerprint density at radius 1 is 1.02 bits per heavy atom. The molecular weight excluding hydrogens is 629 g/mol. The number of amides is 3. The van der Waals surface area contributed by atoms with Gasteiger partial charge in [-0.3, -0.25) is 19.4 Å². The summed E-state index contributed by atoms with van der Waals surface area (Å²) in [4.78, 5) is 51.2. The number of benzene rings is 3. The molecule has 0 fully saturated rings. The second-order valence-corrected chi connectivity index (χ2v) is 11.1. The van der Waals surface area contributed by atoms with E-state index in [1.807, 2.05) is 31.2 Å². The Labute approximate surface area is 276 Å². The fourth-order valence-corrected chi connectivity index (χ4v) is 5.82. The van der Waals surface area contributed by atoms with E-state index in [4.69, 9.17) is 37.7 Å². The highest BCUT2D eigenvalue weighted by Crippen LogP contribution is 2.48. The molecule has 3 amide bonds. The molecule has 5 rings (SSSR count). The van der Waals surface area contributed by atoms with Gasteiger partial charge in [-0.05, 0) is 29.3 Å². The van der Waals surface area contributed by atoms with Gasteiger partial charge in [0.05, 0.1) is 38.7 Å². The lowest BCUT2D eigenvalue weighted by Crippen LogP contribution is -2.48. The van der Waals surface area contributed by atoms with Gasteiger partial charge in [-0.15, -0.1) is 0 Å². The minimum absolute atomic E-state index is 0.0423. The number of Topliss-reactive ketones (excluding diaryl/α,β-unsaturated/α-hetero) is 1. The molecule has 4 aromatic rings. The maximum atomic E-state index is 14.5. The molecule has 236 valence electrons. The zero-order chi connectivity index (χ0) is 33.0. The van der Waals surface area contributed by atoms with E-state index in [9.17, 15) is 14.4 Å². The van der Waals surface area contributed by atoms with E-state index in [1.165, 1.54) is 30.1 Å². The van der Waals surface area contributed by atoms with Crippen molar-refractivity contribution in [3.8, 4) is 22.9 Å². The quantitative estimate of drug-likeness (QED) is 0.169. The summed E-state index contributed by atoms with van der Waals surface area (Å²) >= 11 is 13.5. The number of hydrogen-bond donors (Lipinski definition) is 1. The maximum Gasteiger partial charge on any atom is 0.330 e. The third-order valence-corrected chi connectivity index (χ3v) is 8.18. The van der Waals surface area contributed by atoms with Crippen molar-refractivity contribution in [1.29, 1.82) is 0 Å². The van der Waals surface area contributed by atoms with Crippen molar-refractivity contribution < 1.29 is 23.9 Å². The number of nitrogens with zero attached hydrogens (tertiary/aromatic N) is 4. The van der Waals surface area contributed by atoms with Gasteiger partial charge in [0.25, 0.3) is 0 Å². The van der Waals surface area contributed by atoms with Gasteiger partial charge in [-0.1, -0.05) is 73.1 Å². The molecule has 46 heavy (non-hydrogen) atoms. The van der Waals surface area contributed by atoms with Crippen LogP contribution in [0.25, 0.3) is 11.4 Å². The van der Waals surface area contributed by atoms with Gasteiger partial charge in [-0.2, -0.15) is 0 Å². The molecule has 0 unspecified atom stereocenters. The van der Waals surface area contributed by atoms with Crippen LogP contribution in [0.3, 0.4) is 0 Å². The zero-order valence-electron chi connectivity index (χ0n) is 25.5. The Morgan fingerprint density at radius 3 is 2.39 bits per heavy atom. The lowest BCUT2D eigenvalue weighted by Gasteiger charge is -2.37. The number of urea groups is 1. The van der Waals surface area contributed by atoms with E-state index in [0.717, 1.165) is 11.1 Å². The van der Waals surface area contributed by atoms with Crippen LogP contribution in [-0.4, -0.2) is 41.9 Å². The highest BCUT2D eigenvalue weighted by Gasteiger charge is 2.37. The zero-order valence-corrected chi connectivity index (χ0v) is 27.0. The molecule has 12 heteroatoms. The second-order valence-electron chi connectivity index (χ2n) is 10.4. The number of ether oxygens (including phenoxy) is 2. The molecule has 0 bridgehead atoms. The van der Waals surface area contributed by atoms with Gasteiger partial charge in [-0.25, -0.2) is 14.8 Å². The summed E-state index contributed by atoms with van der Waals surface area (Å²) in [5.41, 5.74) is 3.48. The standard InChI is InChI=1S/C34H31Cl2N5O5/c1-5-23(42)15-20-10-9-11-21(14-20)18-41-33-22(17-37-32(39-33)24-12-7-8-13-25(24)38-28(43)6-2)19-40(34(41)44)31-29(35)26(45-3)16-27(46-4)30(31)36/h6-14,16-17H,2,5,15,18-19H2,1,3-4H3,(H,38,43). The fraction of sp³-hybridized carbons (Fsp3) is 0.206. The largest absolute Gasteiger partial charge is 0.495 e. The summed E-state index contributed by atoms with van der Waals surface area (Å²) in [6.07, 6.45) is 3.52. The van der Waals surface area contributed by atoms with E-state index < -0.39 is 6.03 Å². The van der Waals surface area contributed by atoms with Crippen molar-refractivity contribution >= 4 is 58.1 Å². The molecule has 1 aliphatic heterocycles. The smallest absolute Gasteiger partial charge is 0.330 e. The van der Waals surface area contributed by atoms with Crippen LogP contribution in [0.5, 0.6) is 11.5 Å². The summed E-state index contributed by atoms with van der Waals surface area (Å²) in [6, 6.07) is 15.7. The molecule has 0 saturated heterocycles. The Kier molecular flexibility index (Phi) is 9.89. The van der Waals surface area contributed by atoms with Crippen LogP contribution >= 0.6 is 23.2 Å². The number of rotatable bonds is 11. The lowest BCUT2D eigenvalue weighted by molar-refractivity contribution is -0.118. The highest BCUT2D eigenvalue weighted by molar-refractivity contribution is 6.42. The number of para-hydroxylation sites is 1. The molecule has 3 aromatic carbocycles. The first kappa shape index (κ1) is 32.5. The predicted octanol–water partition coefficient (Wildman–Crippen LogP) is 7.26. The highest BCUT2D eigenvalue weighted by atomic mass is 35.5. The molecule has 0 radical (unpaired) electrons. The first-order chi connectivity index (χ1) is 22.2. The number of carbonyl (C=O) groups excluding carboxylic acids is 3. The summed E-state index contributed by atoms with van der Waals surface area (Å²) in [5, 5.41) is 3.05. The van der Waals surface area contributed by atoms with Crippen LogP contribution < -0.4 is 24.6 Å². The van der Waals surface area contributed by atoms with Crippen LogP contribution in [0, 0.1) is 0 Å². The number of methoxy groups -OCH3 is 2. The number of anilines is 3. The number of ketones is 1. The van der Waals surface area contributed by atoms with E-state index >= 15 is 0 Å². The Morgan fingerprint density at radius 2 is 1.72 bits per heavy atom. The van der Waals surface area contributed by atoms with Crippen LogP contribution in [0.4, 0.5) is 22.0 Å². The van der Waals surface area contributed by atoms with Crippen LogP contribution in [0.15, 0.2) is 73.4 Å². The summed E-state index contributed by atoms with van der Waals surface area (Å²) in [7, 11) is 2.91. The SMILES string of the molecule is C=CC(=O)Nc1ccccc1-c1ncc2c(n1)N(Cc1cccc(CC(=O)CC)c1)C(=O)N(c1c(Cl)c(OC)cc(OC)c1Cl)C2. The fourth-order valence-electron chi connectivity index (χ4n) is 5.12. The molecule has 0 aliphatic carbocycles. The Bertz CT molecular complexity index is 1820. The predicted molar refractivity (Wildman–Crippen MR) is 179 cm³/mol. The summed E-state index contributed by atoms with van der Waals surface area (Å²) in [5.74, 6) is 0.946. The summed E-state index contributed by atoms with van der Waals surface area (Å²) in [6.45, 7) is 5.50. The first-order valence-electron chi connectivity index (χ1n) is 14.4. The van der Waals surface area contributed by atoms with E-state index in [2.05, 4.69) is 16.9 Å². The molecule has 1 aromatic heterocycles. The third-order valence-electron chi connectivity index (χ3n) is 7.45. The number of nitrogens with one attached hydrogen (secondary N) is 1. The molecule has 10 nitrogen and oxygen atoms in total. The monoisotopic (exact) mass is 659 g/mol. The van der Waals surface area contributed by atoms with Gasteiger partial charge >= 0.3 is 6.03 Å². The molecule has 0 saturated carbocycles. The average molecular weight is 661 g/mol. The maximum absolute atomic E-state index is 14.5. The topological polar surface area (TPSA) is 114 Å². The number of fused-ring (bicyclic) bond motifs is 1. The van der Waals surface area contributed by atoms with Crippen molar-refractivity contribution in [2.24, 2.45) is 0 Å². The van der Waals surface area contributed by atoms with Crippen LogP contribution in [0.2, 0.25) is 10.0 Å². The average Bonchev–Trinajstić information content (AvgIpc) is 3.06. The number of halogens is 2. The lowest BCUT2D eigenvalue weighted by atomic mass is 10.0. The molecule has 0 atom stereocenters. The van der Waals surface area contributed by atoms with Crippen molar-refractivity contribution in [3.05, 3.63) is 100 Å². The second kappa shape index (κ2) is 14.0. The Hall–Kier alpha value is -4.93. The first-order valence-corrected chi connectivity index (χ1v) is 15.1. The van der Waals surface area contributed by atoms with Crippen LogP contribution in [0.1, 0.15) is 30.0 Å². The number of hydrogen-bond acceptors (Lipinski definition) is 7. The van der Waals surface area contributed by atoms with E-state index in [-0.39, 0.29) is 58.4 Å². The van der Waals surface area contributed by atoms with Gasteiger partial charge in [0.1, 0.15) is 33.1 Å². The Balaban J connectivity index is 1.65. The molecule has 2 heterocycles. The van der Waals surface area contributed by atoms with E-state index in [1.54, 1.807) is 36.5 Å². The minimum atomic E-state index is -0.459. The van der Waals surface area contributed by atoms with Gasteiger partial charge in [0.2, 0.25) is 5.91 Å².